The van der Waals surface area contributed by atoms with Crippen molar-refractivity contribution in [2.24, 2.45) is 0 Å². The molecule has 0 heterocycles. The Kier molecular flexibility index (Phi) is 6.02. The maximum Gasteiger partial charge on any atom is 0.339 e. The van der Waals surface area contributed by atoms with Crippen molar-refractivity contribution in [1.82, 2.24) is 4.90 Å². The fourth-order valence-electron chi connectivity index (χ4n) is 0.934. The second kappa shape index (κ2) is 5.70. The molecule has 13 heteroatoms. The largest absolute Gasteiger partial charge is 0.349 e. The van der Waals surface area contributed by atoms with Crippen molar-refractivity contribution in [2.75, 3.05) is 18.9 Å². The van der Waals surface area contributed by atoms with Crippen LogP contribution in [0.3, 0.4) is 0 Å². The summed E-state index contributed by atoms with van der Waals surface area (Å²) in [5, 5.41) is 0. The van der Waals surface area contributed by atoms with Crippen molar-refractivity contribution >= 4 is 30.7 Å². The quantitative estimate of drug-likeness (QED) is 0.352. The van der Waals surface area contributed by atoms with Gasteiger partial charge in [-0.15, -0.1) is 0 Å². The molecule has 9 nitrogen and oxygen atoms in total. The lowest BCUT2D eigenvalue weighted by molar-refractivity contribution is 0.292. The van der Waals surface area contributed by atoms with Crippen LogP contribution in [0.5, 0.6) is 0 Å². The van der Waals surface area contributed by atoms with Crippen molar-refractivity contribution in [3.63, 3.8) is 0 Å². The Hall–Kier alpha value is 0.910. The van der Waals surface area contributed by atoms with E-state index in [1.165, 1.54) is 0 Å². The molecule has 98 valence electrons. The first kappa shape index (κ1) is 16.9. The highest BCUT2D eigenvalue weighted by Crippen LogP contribution is 2.47. The van der Waals surface area contributed by atoms with E-state index in [9.17, 15) is 9.13 Å². The number of nitrogens with zero attached hydrogens (tertiary/aromatic N) is 1. The van der Waals surface area contributed by atoms with E-state index in [0.29, 0.717) is 4.90 Å². The van der Waals surface area contributed by atoms with Gasteiger partial charge in [-0.25, -0.2) is 0 Å². The molecule has 6 N–H and O–H groups in total. The molecule has 0 rings (SSSR count). The Balaban J connectivity index is 4.72. The van der Waals surface area contributed by atoms with Crippen molar-refractivity contribution in [3.8, 4) is 0 Å². The molecule has 0 aromatic rings. The maximum absolute atomic E-state index is 10.6. The van der Waals surface area contributed by atoms with Crippen LogP contribution in [-0.2, 0) is 9.13 Å². The highest BCUT2D eigenvalue weighted by Gasteiger charge is 2.28. The molecule has 0 aliphatic heterocycles. The standard InChI is InChI=1S/C3H13NO8P4/c5-14(6,7)1-4(2-15(8,9)10)3-16(11,12)13/h11-13H,1-3H2,(H2,5,6,7)(H2,8,9,10). The molecule has 16 heavy (non-hydrogen) atoms. The Morgan fingerprint density at radius 3 is 1.31 bits per heavy atom. The third-order valence-electron chi connectivity index (χ3n) is 1.17. The normalized spacial score (nSPS) is 14.4. The van der Waals surface area contributed by atoms with Crippen LogP contribution in [-0.4, -0.2) is 53.1 Å². The molecule has 0 saturated heterocycles. The van der Waals surface area contributed by atoms with Gasteiger partial charge in [-0.1, -0.05) is 8.53 Å². The maximum atomic E-state index is 10.6. The smallest absolute Gasteiger partial charge is 0.339 e. The van der Waals surface area contributed by atoms with Crippen LogP contribution in [0.15, 0.2) is 0 Å². The summed E-state index contributed by atoms with van der Waals surface area (Å²) in [6.45, 7) is 0. The number of hydrogen-bond donors (Lipinski definition) is 6. The highest BCUT2D eigenvalue weighted by atomic mass is 31.8. The molecule has 0 bridgehead atoms. The Bertz CT molecular complexity index is 306. The van der Waals surface area contributed by atoms with Gasteiger partial charge in [0, 0.05) is 0 Å². The molecule has 0 unspecified atom stereocenters. The summed E-state index contributed by atoms with van der Waals surface area (Å²) in [4.78, 5) is 53.2. The van der Waals surface area contributed by atoms with E-state index in [1.54, 1.807) is 0 Å². The van der Waals surface area contributed by atoms with Gasteiger partial charge >= 0.3 is 15.2 Å². The van der Waals surface area contributed by atoms with Gasteiger partial charge in [-0.05, 0) is 0 Å². The van der Waals surface area contributed by atoms with Crippen LogP contribution in [0.4, 0.5) is 0 Å². The Labute approximate surface area is 93.6 Å². The first-order valence-electron chi connectivity index (χ1n) is 3.69. The average Bonchev–Trinajstić information content (AvgIpc) is 1.70. The molecule has 0 aliphatic carbocycles. The van der Waals surface area contributed by atoms with Crippen LogP contribution in [0, 0.1) is 0 Å². The van der Waals surface area contributed by atoms with E-state index in [1.807, 2.05) is 0 Å². The van der Waals surface area contributed by atoms with Gasteiger partial charge in [-0.2, -0.15) is 0 Å². The third kappa shape index (κ3) is 11.4. The molecule has 0 aromatic heterocycles. The summed E-state index contributed by atoms with van der Waals surface area (Å²) in [6, 6.07) is 0. The molecule has 0 spiro atoms. The fourth-order valence-corrected chi connectivity index (χ4v) is 4.21. The zero-order valence-electron chi connectivity index (χ0n) is 7.91. The van der Waals surface area contributed by atoms with E-state index in [-0.39, 0.29) is 0 Å². The van der Waals surface area contributed by atoms with E-state index in [2.05, 4.69) is 8.53 Å². The van der Waals surface area contributed by atoms with E-state index >= 15 is 0 Å². The molecular weight excluding hydrogens is 302 g/mol. The minimum atomic E-state index is -4.54. The molecule has 0 aliphatic rings. The summed E-state index contributed by atoms with van der Waals surface area (Å²) >= 11 is 0. The zero-order chi connectivity index (χ0) is 13.2. The zero-order valence-corrected chi connectivity index (χ0v) is 11.6. The second-order valence-corrected chi connectivity index (χ2v) is 10.3. The molecule has 0 radical (unpaired) electrons. The van der Waals surface area contributed by atoms with Crippen molar-refractivity contribution < 1.29 is 38.5 Å². The summed E-state index contributed by atoms with van der Waals surface area (Å²) < 4.78 is 21.3. The summed E-state index contributed by atoms with van der Waals surface area (Å²) in [7, 11) is -10.2. The van der Waals surface area contributed by atoms with Crippen LogP contribution in [0.1, 0.15) is 0 Å². The van der Waals surface area contributed by atoms with Gasteiger partial charge < -0.3 is 29.4 Å². The molecule has 0 fully saturated rings. The van der Waals surface area contributed by atoms with Gasteiger partial charge in [0.1, 0.15) is 12.6 Å². The molecular formula is C3H13NO8P4. The molecule has 0 atom stereocenters. The summed E-state index contributed by atoms with van der Waals surface area (Å²) in [6.07, 6.45) is -2.60. The monoisotopic (exact) mass is 315 g/mol. The van der Waals surface area contributed by atoms with Gasteiger partial charge in [0.2, 0.25) is 0 Å². The lowest BCUT2D eigenvalue weighted by Gasteiger charge is -2.24. The van der Waals surface area contributed by atoms with Crippen LogP contribution in [0.2, 0.25) is 0 Å². The molecule has 0 aromatic carbocycles. The second-order valence-electron chi connectivity index (χ2n) is 3.15. The van der Waals surface area contributed by atoms with E-state index in [4.69, 9.17) is 29.4 Å². The summed E-state index contributed by atoms with van der Waals surface area (Å²) in [5.74, 6) is 0. The number of rotatable bonds is 6. The fraction of sp³-hybridized carbons (Fsp3) is 1.00. The first-order valence-corrected chi connectivity index (χ1v) is 10.5. The highest BCUT2D eigenvalue weighted by molar-refractivity contribution is 7.91. The predicted molar refractivity (Wildman–Crippen MR) is 60.2 cm³/mol. The van der Waals surface area contributed by atoms with Gasteiger partial charge in [0.05, 0.1) is 6.29 Å². The topological polar surface area (TPSA) is 159 Å². The van der Waals surface area contributed by atoms with Gasteiger partial charge in [-0.3, -0.25) is 14.0 Å². The van der Waals surface area contributed by atoms with Crippen molar-refractivity contribution in [3.05, 3.63) is 0 Å². The molecule has 0 amide bonds. The van der Waals surface area contributed by atoms with Crippen molar-refractivity contribution in [1.29, 1.82) is 0 Å². The minimum absolute atomic E-state index is 0.600. The Morgan fingerprint density at radius 2 is 1.12 bits per heavy atom. The van der Waals surface area contributed by atoms with Crippen LogP contribution in [0.25, 0.3) is 0 Å². The third-order valence-corrected chi connectivity index (χ3v) is 3.92. The lowest BCUT2D eigenvalue weighted by atomic mass is 11.0. The van der Waals surface area contributed by atoms with Crippen molar-refractivity contribution in [2.45, 2.75) is 0 Å². The minimum Gasteiger partial charge on any atom is -0.349 e. The first-order chi connectivity index (χ1) is 6.79. The van der Waals surface area contributed by atoms with Crippen LogP contribution < -0.4 is 0 Å². The Morgan fingerprint density at radius 1 is 0.812 bits per heavy atom. The predicted octanol–water partition coefficient (Wildman–Crippen LogP) is -0.594. The SMILES string of the molecule is O=P(O)(O)CN(CP(=O)(O)O)CP(O)(O)=P. The summed E-state index contributed by atoms with van der Waals surface area (Å²) in [5.41, 5.74) is 0. The van der Waals surface area contributed by atoms with E-state index in [0.717, 1.165) is 0 Å². The molecule has 0 saturated carbocycles. The lowest BCUT2D eigenvalue weighted by Crippen LogP contribution is -2.27. The average molecular weight is 315 g/mol. The van der Waals surface area contributed by atoms with E-state index < -0.39 is 41.1 Å². The van der Waals surface area contributed by atoms with Gasteiger partial charge in [0.15, 0.2) is 7.00 Å². The van der Waals surface area contributed by atoms with Gasteiger partial charge in [0.25, 0.3) is 0 Å². The van der Waals surface area contributed by atoms with Crippen LogP contribution >= 0.6 is 30.7 Å². The number of hydrogen-bond acceptors (Lipinski definition) is 3.